The van der Waals surface area contributed by atoms with Gasteiger partial charge in [0, 0.05) is 5.02 Å². The van der Waals surface area contributed by atoms with Crippen LogP contribution in [0.5, 0.6) is 0 Å². The zero-order valence-electron chi connectivity index (χ0n) is 17.8. The molecule has 0 aliphatic carbocycles. The maximum Gasteiger partial charge on any atom is 0.329 e. The predicted molar refractivity (Wildman–Crippen MR) is 139 cm³/mol. The fourth-order valence-corrected chi connectivity index (χ4v) is 9.17. The van der Waals surface area contributed by atoms with Crippen molar-refractivity contribution >= 4 is 45.9 Å². The van der Waals surface area contributed by atoms with Crippen LogP contribution in [0.2, 0.25) is 5.02 Å². The molecule has 0 saturated carbocycles. The van der Waals surface area contributed by atoms with Gasteiger partial charge in [0.05, 0.1) is 4.90 Å². The molecule has 0 heterocycles. The molecular weight excluding hydrogens is 471 g/mol. The Hall–Kier alpha value is -2.75. The molecule has 0 spiro atoms. The van der Waals surface area contributed by atoms with E-state index in [1.807, 2.05) is 103 Å². The Morgan fingerprint density at radius 2 is 1.18 bits per heavy atom. The minimum Gasteiger partial charge on any atom is -0.191 e. The average Bonchev–Trinajstić information content (AvgIpc) is 2.85. The molecule has 33 heavy (non-hydrogen) atoms. The summed E-state index contributed by atoms with van der Waals surface area (Å²) in [5, 5.41) is 2.17. The van der Waals surface area contributed by atoms with E-state index in [0.717, 1.165) is 16.2 Å². The van der Waals surface area contributed by atoms with E-state index < -0.39 is 17.6 Å². The molecule has 0 atom stereocenters. The van der Waals surface area contributed by atoms with Gasteiger partial charge >= 0.3 is 10.1 Å². The second kappa shape index (κ2) is 10.5. The van der Waals surface area contributed by atoms with Crippen LogP contribution in [0.4, 0.5) is 0 Å². The van der Waals surface area contributed by atoms with Gasteiger partial charge in [-0.25, -0.2) is 0 Å². The molecule has 0 amide bonds. The molecule has 6 heteroatoms. The van der Waals surface area contributed by atoms with E-state index in [0.29, 0.717) is 11.2 Å². The molecule has 0 bridgehead atoms. The summed E-state index contributed by atoms with van der Waals surface area (Å²) in [5.74, 6) is 0. The topological polar surface area (TPSA) is 43.4 Å². The molecule has 0 fully saturated rings. The standard InChI is InChI=1S/C27H23ClO3PS/c28-24-18-20-27(21-19-24)33(29,30)31-32(25-14-6-2-7-15-25,26-16-8-3-9-17-26)22-10-13-23-11-4-1-5-12-23/h1-21H,22H2/q+1. The summed E-state index contributed by atoms with van der Waals surface area (Å²) in [4.78, 5) is 0.0789. The van der Waals surface area contributed by atoms with E-state index in [-0.39, 0.29) is 4.90 Å². The van der Waals surface area contributed by atoms with Gasteiger partial charge in [-0.2, -0.15) is 8.42 Å². The summed E-state index contributed by atoms with van der Waals surface area (Å²) in [6.07, 6.45) is 4.42. The molecular formula is C27H23ClO3PS+. The lowest BCUT2D eigenvalue weighted by Gasteiger charge is -2.24. The Kier molecular flexibility index (Phi) is 7.42. The van der Waals surface area contributed by atoms with Crippen molar-refractivity contribution in [2.24, 2.45) is 0 Å². The van der Waals surface area contributed by atoms with Gasteiger partial charge < -0.3 is 0 Å². The Labute approximate surface area is 200 Å². The Morgan fingerprint density at radius 3 is 1.70 bits per heavy atom. The van der Waals surface area contributed by atoms with Gasteiger partial charge in [-0.1, -0.05) is 88.4 Å². The molecule has 4 aromatic carbocycles. The van der Waals surface area contributed by atoms with Crippen LogP contribution >= 0.6 is 19.1 Å². The summed E-state index contributed by atoms with van der Waals surface area (Å²) < 4.78 is 33.2. The molecule has 4 rings (SSSR count). The zero-order valence-corrected chi connectivity index (χ0v) is 20.3. The summed E-state index contributed by atoms with van der Waals surface area (Å²) in [5.41, 5.74) is 1.04. The van der Waals surface area contributed by atoms with Crippen molar-refractivity contribution in [2.75, 3.05) is 6.16 Å². The third-order valence-electron chi connectivity index (χ3n) is 5.15. The lowest BCUT2D eigenvalue weighted by molar-refractivity contribution is 0.508. The van der Waals surface area contributed by atoms with E-state index >= 15 is 0 Å². The summed E-state index contributed by atoms with van der Waals surface area (Å²) in [6, 6.07) is 35.2. The fourth-order valence-electron chi connectivity index (χ4n) is 3.53. The quantitative estimate of drug-likeness (QED) is 0.269. The monoisotopic (exact) mass is 493 g/mol. The first-order valence-corrected chi connectivity index (χ1v) is 14.1. The summed E-state index contributed by atoms with van der Waals surface area (Å²) in [6.45, 7) is 0. The van der Waals surface area contributed by atoms with Crippen molar-refractivity contribution in [1.29, 1.82) is 0 Å². The smallest absolute Gasteiger partial charge is 0.191 e. The van der Waals surface area contributed by atoms with Gasteiger partial charge in [0.1, 0.15) is 16.8 Å². The molecule has 0 radical (unpaired) electrons. The Morgan fingerprint density at radius 1 is 0.697 bits per heavy atom. The number of hydrogen-bond acceptors (Lipinski definition) is 3. The molecule has 3 nitrogen and oxygen atoms in total. The van der Waals surface area contributed by atoms with E-state index in [4.69, 9.17) is 15.6 Å². The summed E-state index contributed by atoms with van der Waals surface area (Å²) in [7, 11) is -6.91. The molecule has 0 N–H and O–H groups in total. The number of allylic oxidation sites excluding steroid dienone is 1. The van der Waals surface area contributed by atoms with Crippen LogP contribution in [0.1, 0.15) is 5.56 Å². The van der Waals surface area contributed by atoms with Crippen LogP contribution in [-0.2, 0) is 14.1 Å². The average molecular weight is 494 g/mol. The second-order valence-corrected chi connectivity index (χ2v) is 12.7. The first-order valence-electron chi connectivity index (χ1n) is 10.4. The van der Waals surface area contributed by atoms with E-state index in [2.05, 4.69) is 0 Å². The lowest BCUT2D eigenvalue weighted by Crippen LogP contribution is -2.28. The minimum absolute atomic E-state index is 0.0789. The van der Waals surface area contributed by atoms with E-state index in [1.165, 1.54) is 12.1 Å². The van der Waals surface area contributed by atoms with Gasteiger partial charge in [0.25, 0.3) is 0 Å². The van der Waals surface area contributed by atoms with Crippen LogP contribution in [0.3, 0.4) is 0 Å². The highest BCUT2D eigenvalue weighted by molar-refractivity contribution is 7.98. The van der Waals surface area contributed by atoms with Crippen LogP contribution in [0, 0.1) is 0 Å². The highest BCUT2D eigenvalue weighted by Gasteiger charge is 2.49. The van der Waals surface area contributed by atoms with Crippen LogP contribution in [-0.4, -0.2) is 14.6 Å². The fraction of sp³-hybridized carbons (Fsp3) is 0.0370. The maximum atomic E-state index is 13.5. The van der Waals surface area contributed by atoms with Crippen molar-refractivity contribution < 1.29 is 12.4 Å². The van der Waals surface area contributed by atoms with E-state index in [9.17, 15) is 8.42 Å². The van der Waals surface area contributed by atoms with Crippen LogP contribution < -0.4 is 10.6 Å². The number of halogens is 1. The lowest BCUT2D eigenvalue weighted by atomic mass is 10.2. The SMILES string of the molecule is O=S(=O)(O[P+](CC=Cc1ccccc1)(c1ccccc1)c1ccccc1)c1ccc(Cl)cc1. The molecule has 0 aliphatic rings. The van der Waals surface area contributed by atoms with Crippen molar-refractivity contribution in [3.05, 3.63) is 132 Å². The van der Waals surface area contributed by atoms with Crippen molar-refractivity contribution in [2.45, 2.75) is 4.90 Å². The molecule has 0 unspecified atom stereocenters. The van der Waals surface area contributed by atoms with Gasteiger partial charge in [-0.3, -0.25) is 0 Å². The normalized spacial score (nSPS) is 12.2. The molecule has 0 aliphatic heterocycles. The third-order valence-corrected chi connectivity index (χ3v) is 11.0. The summed E-state index contributed by atoms with van der Waals surface area (Å²) >= 11 is 5.98. The van der Waals surface area contributed by atoms with E-state index in [1.54, 1.807) is 12.1 Å². The second-order valence-electron chi connectivity index (χ2n) is 7.39. The third kappa shape index (κ3) is 5.61. The highest BCUT2D eigenvalue weighted by atomic mass is 35.5. The number of hydrogen-bond donors (Lipinski definition) is 0. The van der Waals surface area contributed by atoms with Crippen LogP contribution in [0.15, 0.2) is 126 Å². The molecule has 0 aromatic heterocycles. The van der Waals surface area contributed by atoms with Gasteiger partial charge in [0.15, 0.2) is 0 Å². The van der Waals surface area contributed by atoms with Crippen molar-refractivity contribution in [3.8, 4) is 0 Å². The Balaban J connectivity index is 1.84. The van der Waals surface area contributed by atoms with Crippen molar-refractivity contribution in [1.82, 2.24) is 0 Å². The van der Waals surface area contributed by atoms with Crippen molar-refractivity contribution in [3.63, 3.8) is 0 Å². The molecule has 166 valence electrons. The van der Waals surface area contributed by atoms with Gasteiger partial charge in [-0.05, 0) is 60.2 Å². The predicted octanol–water partition coefficient (Wildman–Crippen LogP) is 6.34. The largest absolute Gasteiger partial charge is 0.329 e. The highest BCUT2D eigenvalue weighted by Crippen LogP contribution is 2.59. The van der Waals surface area contributed by atoms with Gasteiger partial charge in [-0.15, -0.1) is 0 Å². The Bertz CT molecular complexity index is 1270. The number of benzene rings is 4. The van der Waals surface area contributed by atoms with Gasteiger partial charge in [0.2, 0.25) is 7.49 Å². The maximum absolute atomic E-state index is 13.5. The first kappa shape index (κ1) is 23.4. The van der Waals surface area contributed by atoms with Crippen LogP contribution in [0.25, 0.3) is 6.08 Å². The number of rotatable bonds is 8. The molecule has 4 aromatic rings. The minimum atomic E-state index is -4.07. The zero-order chi connectivity index (χ0) is 23.2. The first-order chi connectivity index (χ1) is 16.0. The molecule has 0 saturated heterocycles.